The third kappa shape index (κ3) is 6.80. The van der Waals surface area contributed by atoms with Crippen LogP contribution in [0.5, 0.6) is 0 Å². The molecule has 35 heavy (non-hydrogen) atoms. The zero-order chi connectivity index (χ0) is 25.4. The highest BCUT2D eigenvalue weighted by Gasteiger charge is 2.32. The molecule has 0 aliphatic heterocycles. The van der Waals surface area contributed by atoms with Gasteiger partial charge in [0, 0.05) is 5.69 Å². The highest BCUT2D eigenvalue weighted by Crippen LogP contribution is 2.26. The smallest absolute Gasteiger partial charge is 0.243 e. The monoisotopic (exact) mass is 497 g/mol. The van der Waals surface area contributed by atoms with Gasteiger partial charge < -0.3 is 9.73 Å². The lowest BCUT2D eigenvalue weighted by Gasteiger charge is -2.32. The fourth-order valence-corrected chi connectivity index (χ4v) is 4.83. The summed E-state index contributed by atoms with van der Waals surface area (Å²) in [6, 6.07) is 16.1. The molecule has 0 spiro atoms. The topological polar surface area (TPSA) is 109 Å². The van der Waals surface area contributed by atoms with Gasteiger partial charge in [-0.15, -0.1) is 0 Å². The summed E-state index contributed by atoms with van der Waals surface area (Å²) in [5.41, 5.74) is 2.38. The van der Waals surface area contributed by atoms with Gasteiger partial charge in [0.25, 0.3) is 0 Å². The molecule has 0 aliphatic carbocycles. The van der Waals surface area contributed by atoms with E-state index in [0.29, 0.717) is 24.3 Å². The number of furan rings is 1. The maximum atomic E-state index is 13.5. The second kappa shape index (κ2) is 11.8. The molecule has 0 saturated heterocycles. The first-order valence-electron chi connectivity index (χ1n) is 11.5. The van der Waals surface area contributed by atoms with Crippen LogP contribution in [0.15, 0.2) is 76.2 Å². The molecule has 1 aromatic heterocycles. The number of anilines is 1. The van der Waals surface area contributed by atoms with Crippen molar-refractivity contribution in [2.45, 2.75) is 51.1 Å². The van der Waals surface area contributed by atoms with E-state index in [2.05, 4.69) is 10.0 Å². The van der Waals surface area contributed by atoms with Crippen molar-refractivity contribution in [3.8, 4) is 0 Å². The van der Waals surface area contributed by atoms with E-state index < -0.39 is 28.5 Å². The van der Waals surface area contributed by atoms with Crippen molar-refractivity contribution in [3.63, 3.8) is 0 Å². The first-order valence-corrected chi connectivity index (χ1v) is 13.0. The molecule has 1 atom stereocenters. The third-order valence-electron chi connectivity index (χ3n) is 5.54. The molecule has 9 heteroatoms. The molecule has 2 amide bonds. The fourth-order valence-electron chi connectivity index (χ4n) is 3.83. The molecule has 2 N–H and O–H groups in total. The average Bonchev–Trinajstić information content (AvgIpc) is 3.36. The molecule has 0 bridgehead atoms. The fraction of sp³-hybridized carbons (Fsp3) is 0.308. The Balaban J connectivity index is 1.89. The van der Waals surface area contributed by atoms with Gasteiger partial charge in [-0.25, -0.2) is 13.1 Å². The van der Waals surface area contributed by atoms with Gasteiger partial charge in [-0.2, -0.15) is 0 Å². The average molecular weight is 498 g/mol. The van der Waals surface area contributed by atoms with E-state index in [-0.39, 0.29) is 17.3 Å². The van der Waals surface area contributed by atoms with E-state index in [1.807, 2.05) is 32.9 Å². The maximum Gasteiger partial charge on any atom is 0.243 e. The number of nitrogens with zero attached hydrogens (tertiary/aromatic N) is 1. The molecule has 186 valence electrons. The van der Waals surface area contributed by atoms with Gasteiger partial charge in [0.15, 0.2) is 0 Å². The van der Waals surface area contributed by atoms with Crippen molar-refractivity contribution in [2.24, 2.45) is 0 Å². The summed E-state index contributed by atoms with van der Waals surface area (Å²) in [5.74, 6) is -0.279. The first-order chi connectivity index (χ1) is 16.7. The zero-order valence-corrected chi connectivity index (χ0v) is 21.0. The maximum absolute atomic E-state index is 13.5. The van der Waals surface area contributed by atoms with Gasteiger partial charge in [-0.3, -0.25) is 14.5 Å². The van der Waals surface area contributed by atoms with E-state index in [1.54, 1.807) is 36.4 Å². The van der Waals surface area contributed by atoms with Crippen LogP contribution in [0.3, 0.4) is 0 Å². The number of amides is 2. The molecule has 0 saturated carbocycles. The minimum Gasteiger partial charge on any atom is -0.467 e. The van der Waals surface area contributed by atoms with Gasteiger partial charge in [-0.05, 0) is 56.2 Å². The number of aryl methyl sites for hydroxylation is 2. The van der Waals surface area contributed by atoms with Crippen LogP contribution in [-0.4, -0.2) is 32.8 Å². The van der Waals surface area contributed by atoms with Gasteiger partial charge >= 0.3 is 0 Å². The lowest BCUT2D eigenvalue weighted by molar-refractivity contribution is -0.126. The number of carbonyl (C=O) groups excluding carboxylic acids is 2. The highest BCUT2D eigenvalue weighted by atomic mass is 32.2. The Bertz CT molecular complexity index is 1240. The number of sulfonamides is 1. The van der Waals surface area contributed by atoms with Crippen molar-refractivity contribution in [1.82, 2.24) is 10.0 Å². The Labute approximate surface area is 206 Å². The van der Waals surface area contributed by atoms with E-state index in [1.165, 1.54) is 23.3 Å². The number of hydrogen-bond acceptors (Lipinski definition) is 5. The minimum atomic E-state index is -3.90. The second-order valence-corrected chi connectivity index (χ2v) is 10.1. The van der Waals surface area contributed by atoms with Gasteiger partial charge in [0.2, 0.25) is 21.8 Å². The van der Waals surface area contributed by atoms with Crippen molar-refractivity contribution < 1.29 is 22.4 Å². The Morgan fingerprint density at radius 2 is 1.77 bits per heavy atom. The van der Waals surface area contributed by atoms with Crippen molar-refractivity contribution >= 4 is 27.5 Å². The molecule has 0 fully saturated rings. The van der Waals surface area contributed by atoms with Gasteiger partial charge in [0.1, 0.15) is 11.8 Å². The third-order valence-corrected chi connectivity index (χ3v) is 6.96. The zero-order valence-electron chi connectivity index (χ0n) is 20.2. The van der Waals surface area contributed by atoms with Crippen molar-refractivity contribution in [1.29, 1.82) is 0 Å². The van der Waals surface area contributed by atoms with E-state index in [4.69, 9.17) is 4.42 Å². The van der Waals surface area contributed by atoms with E-state index in [0.717, 1.165) is 11.1 Å². The van der Waals surface area contributed by atoms with Crippen LogP contribution in [0.1, 0.15) is 36.7 Å². The van der Waals surface area contributed by atoms with Crippen LogP contribution in [0, 0.1) is 13.8 Å². The molecule has 8 nitrogen and oxygen atoms in total. The highest BCUT2D eigenvalue weighted by molar-refractivity contribution is 7.89. The molecule has 1 heterocycles. The van der Waals surface area contributed by atoms with E-state index >= 15 is 0 Å². The van der Waals surface area contributed by atoms with Crippen LogP contribution < -0.4 is 14.9 Å². The normalized spacial score (nSPS) is 12.2. The Morgan fingerprint density at radius 3 is 2.40 bits per heavy atom. The van der Waals surface area contributed by atoms with Crippen LogP contribution in [0.4, 0.5) is 5.69 Å². The largest absolute Gasteiger partial charge is 0.467 e. The lowest BCUT2D eigenvalue weighted by Crippen LogP contribution is -2.52. The van der Waals surface area contributed by atoms with Crippen molar-refractivity contribution in [2.75, 3.05) is 11.4 Å². The summed E-state index contributed by atoms with van der Waals surface area (Å²) in [6.45, 7) is 5.42. The van der Waals surface area contributed by atoms with Crippen molar-refractivity contribution in [3.05, 3.63) is 83.8 Å². The SMILES string of the molecule is CCC[C@H](C(=O)NCc1ccco1)N(C(=O)CNS(=O)(=O)c1ccccc1)c1ccc(C)cc1C. The Morgan fingerprint density at radius 1 is 1.03 bits per heavy atom. The Kier molecular flexibility index (Phi) is 8.84. The standard InChI is InChI=1S/C26H31N3O5S/c1-4-9-24(26(31)27-17-21-10-8-15-34-21)29(23-14-13-19(2)16-20(23)3)25(30)18-28-35(32,33)22-11-6-5-7-12-22/h5-8,10-16,24,28H,4,9,17-18H2,1-3H3,(H,27,31)/t24-/m1/s1. The molecule has 3 rings (SSSR count). The molecular formula is C26H31N3O5S. The summed E-state index contributed by atoms with van der Waals surface area (Å²) in [6.07, 6.45) is 2.56. The Hall–Kier alpha value is -3.43. The van der Waals surface area contributed by atoms with Crippen LogP contribution in [0.2, 0.25) is 0 Å². The molecule has 3 aromatic rings. The summed E-state index contributed by atoms with van der Waals surface area (Å²) >= 11 is 0. The molecular weight excluding hydrogens is 466 g/mol. The summed E-state index contributed by atoms with van der Waals surface area (Å²) in [5, 5.41) is 2.84. The predicted molar refractivity (Wildman–Crippen MR) is 134 cm³/mol. The summed E-state index contributed by atoms with van der Waals surface area (Å²) in [4.78, 5) is 28.2. The number of carbonyl (C=O) groups is 2. The van der Waals surface area contributed by atoms with Crippen LogP contribution in [-0.2, 0) is 26.2 Å². The number of rotatable bonds is 11. The molecule has 2 aromatic carbocycles. The molecule has 0 aliphatic rings. The van der Waals surface area contributed by atoms with Gasteiger partial charge in [0.05, 0.1) is 24.2 Å². The first kappa shape index (κ1) is 26.2. The van der Waals surface area contributed by atoms with Crippen LogP contribution >= 0.6 is 0 Å². The molecule has 0 unspecified atom stereocenters. The van der Waals surface area contributed by atoms with Crippen LogP contribution in [0.25, 0.3) is 0 Å². The minimum absolute atomic E-state index is 0.0622. The van der Waals surface area contributed by atoms with E-state index in [9.17, 15) is 18.0 Å². The lowest BCUT2D eigenvalue weighted by atomic mass is 10.0. The number of nitrogens with one attached hydrogen (secondary N) is 2. The quantitative estimate of drug-likeness (QED) is 0.420. The summed E-state index contributed by atoms with van der Waals surface area (Å²) in [7, 11) is -3.90. The summed E-state index contributed by atoms with van der Waals surface area (Å²) < 4.78 is 33.1. The predicted octanol–water partition coefficient (Wildman–Crippen LogP) is 3.69. The second-order valence-electron chi connectivity index (χ2n) is 8.29. The number of benzene rings is 2. The molecule has 0 radical (unpaired) electrons. The van der Waals surface area contributed by atoms with Gasteiger partial charge in [-0.1, -0.05) is 49.2 Å². The number of hydrogen-bond donors (Lipinski definition) is 2.